The third kappa shape index (κ3) is 6.46. The number of carbonyl (C=O) groups is 1. The molecule has 15 heteroatoms. The van der Waals surface area contributed by atoms with E-state index in [-0.39, 0.29) is 22.7 Å². The van der Waals surface area contributed by atoms with Crippen molar-refractivity contribution in [3.05, 3.63) is 52.9 Å². The number of para-hydroxylation sites is 1. The normalized spacial score (nSPS) is 24.4. The number of aromatic amines is 1. The number of aliphatic hydroxyl groups excluding tert-OH is 1. The van der Waals surface area contributed by atoms with E-state index in [0.29, 0.717) is 0 Å². The lowest BCUT2D eigenvalue weighted by Crippen LogP contribution is -2.46. The Bertz CT molecular complexity index is 1560. The van der Waals surface area contributed by atoms with Crippen LogP contribution in [0.3, 0.4) is 0 Å². The molecule has 0 spiro atoms. The molecule has 0 saturated carbocycles. The third-order valence-corrected chi connectivity index (χ3v) is 7.74. The molecular weight excluding hydrogens is 557 g/mol. The molecule has 6 atom stereocenters. The van der Waals surface area contributed by atoms with Gasteiger partial charge in [0.15, 0.2) is 17.5 Å². The smallest absolute Gasteiger partial charge is 0.459 e. The monoisotopic (exact) mass is 589 g/mol. The molecule has 0 radical (unpaired) electrons. The third-order valence-electron chi connectivity index (χ3n) is 6.10. The Labute approximate surface area is 235 Å². The van der Waals surface area contributed by atoms with Gasteiger partial charge in [0.1, 0.15) is 24.0 Å². The number of hydrogen-bond donors (Lipinski definition) is 5. The second kappa shape index (κ2) is 12.0. The Kier molecular flexibility index (Phi) is 8.89. The van der Waals surface area contributed by atoms with Crippen LogP contribution >= 0.6 is 7.75 Å². The zero-order valence-corrected chi connectivity index (χ0v) is 23.7. The molecule has 14 nitrogen and oxygen atoms in total. The maximum atomic E-state index is 13.8. The fourth-order valence-corrected chi connectivity index (χ4v) is 5.77. The summed E-state index contributed by atoms with van der Waals surface area (Å²) in [6, 6.07) is 8.47. The number of anilines is 1. The van der Waals surface area contributed by atoms with Gasteiger partial charge in [-0.2, -0.15) is 10.1 Å². The van der Waals surface area contributed by atoms with Gasteiger partial charge in [0.05, 0.1) is 18.1 Å². The molecule has 2 aromatic heterocycles. The van der Waals surface area contributed by atoms with Crippen LogP contribution < -0.4 is 20.9 Å². The second-order valence-electron chi connectivity index (χ2n) is 9.62. The molecule has 1 aromatic carbocycles. The standard InChI is InChI=1S/C26H32N5O9P/c1-5-12-26(35)20(32)19(39-24(26)31-13-11-18-21(31)28-25(27)29-22(18)33)14-37-41(36,40-17-9-7-6-8-10-17)30-16(4)23(34)38-15(2)3/h6-11,13,15-16,19-20,24,32,35H,14H2,1-4H3,(H,30,36)(H3,27,28,29,33)/t16-,19+,20-,24+,26?,41?/m0/s1. The number of nitrogen functional groups attached to an aromatic ring is 1. The Morgan fingerprint density at radius 1 is 1.32 bits per heavy atom. The molecule has 2 unspecified atom stereocenters. The van der Waals surface area contributed by atoms with E-state index in [1.807, 2.05) is 0 Å². The highest BCUT2D eigenvalue weighted by Gasteiger charge is 2.56. The van der Waals surface area contributed by atoms with Crippen molar-refractivity contribution in [2.24, 2.45) is 0 Å². The highest BCUT2D eigenvalue weighted by molar-refractivity contribution is 7.52. The number of ether oxygens (including phenoxy) is 2. The summed E-state index contributed by atoms with van der Waals surface area (Å²) < 4.78 is 37.6. The summed E-state index contributed by atoms with van der Waals surface area (Å²) in [5, 5.41) is 25.3. The van der Waals surface area contributed by atoms with Crippen molar-refractivity contribution in [3.63, 3.8) is 0 Å². The summed E-state index contributed by atoms with van der Waals surface area (Å²) in [5.41, 5.74) is 3.09. The first kappa shape index (κ1) is 30.3. The van der Waals surface area contributed by atoms with Gasteiger partial charge in [0.2, 0.25) is 5.95 Å². The number of hydrogen-bond acceptors (Lipinski definition) is 11. The van der Waals surface area contributed by atoms with Gasteiger partial charge in [-0.1, -0.05) is 24.1 Å². The predicted octanol–water partition coefficient (Wildman–Crippen LogP) is 1.45. The lowest BCUT2D eigenvalue weighted by Gasteiger charge is -2.27. The number of carbonyl (C=O) groups excluding carboxylic acids is 1. The lowest BCUT2D eigenvalue weighted by molar-refractivity contribution is -0.149. The molecule has 3 heterocycles. The van der Waals surface area contributed by atoms with E-state index in [1.54, 1.807) is 44.2 Å². The first-order valence-electron chi connectivity index (χ1n) is 12.7. The molecule has 0 aliphatic carbocycles. The molecule has 0 bridgehead atoms. The topological polar surface area (TPSA) is 200 Å². The number of H-pyrrole nitrogens is 1. The SMILES string of the molecule is CC#CC1(O)[C@@H](O)[C@@H](COP(=O)(N[C@@H](C)C(=O)OC(C)C)Oc2ccccc2)O[C@H]1n1ccc2c(=O)[nH]c(N)nc21. The van der Waals surface area contributed by atoms with Crippen LogP contribution in [0, 0.1) is 11.8 Å². The molecule has 220 valence electrons. The number of fused-ring (bicyclic) bond motifs is 1. The number of aliphatic hydroxyl groups is 2. The van der Waals surface area contributed by atoms with E-state index < -0.39 is 62.1 Å². The van der Waals surface area contributed by atoms with Crippen molar-refractivity contribution in [2.45, 2.75) is 63.9 Å². The van der Waals surface area contributed by atoms with Crippen molar-refractivity contribution in [3.8, 4) is 17.6 Å². The first-order chi connectivity index (χ1) is 19.4. The van der Waals surface area contributed by atoms with E-state index in [4.69, 9.17) is 24.3 Å². The maximum absolute atomic E-state index is 13.8. The van der Waals surface area contributed by atoms with Crippen LogP contribution in [0.15, 0.2) is 47.4 Å². The summed E-state index contributed by atoms with van der Waals surface area (Å²) in [6.45, 7) is 5.67. The Hall–Kier alpha value is -3.70. The van der Waals surface area contributed by atoms with Crippen LogP contribution in [0.25, 0.3) is 11.0 Å². The number of nitrogens with zero attached hydrogens (tertiary/aromatic N) is 2. The molecule has 0 amide bonds. The van der Waals surface area contributed by atoms with Crippen LogP contribution in [0.2, 0.25) is 0 Å². The number of aromatic nitrogens is 3. The number of benzene rings is 1. The van der Waals surface area contributed by atoms with Gasteiger partial charge < -0.3 is 34.5 Å². The minimum atomic E-state index is -4.30. The predicted molar refractivity (Wildman–Crippen MR) is 148 cm³/mol. The molecule has 4 rings (SSSR count). The van der Waals surface area contributed by atoms with Gasteiger partial charge in [-0.3, -0.25) is 19.1 Å². The highest BCUT2D eigenvalue weighted by Crippen LogP contribution is 2.47. The number of nitrogens with two attached hydrogens (primary N) is 1. The summed E-state index contributed by atoms with van der Waals surface area (Å²) in [6.07, 6.45) is -3.32. The Balaban J connectivity index is 1.62. The minimum absolute atomic E-state index is 0.0820. The zero-order chi connectivity index (χ0) is 29.9. The highest BCUT2D eigenvalue weighted by atomic mass is 31.2. The average molecular weight is 590 g/mol. The summed E-state index contributed by atoms with van der Waals surface area (Å²) >= 11 is 0. The van der Waals surface area contributed by atoms with Gasteiger partial charge in [-0.25, -0.2) is 4.57 Å². The fourth-order valence-electron chi connectivity index (χ4n) is 4.27. The maximum Gasteiger partial charge on any atom is 0.459 e. The average Bonchev–Trinajstić information content (AvgIpc) is 3.42. The van der Waals surface area contributed by atoms with Gasteiger partial charge in [0.25, 0.3) is 5.56 Å². The molecule has 3 aromatic rings. The molecular formula is C26H32N5O9P. The van der Waals surface area contributed by atoms with Crippen LogP contribution in [0.4, 0.5) is 5.95 Å². The fraction of sp³-hybridized carbons (Fsp3) is 0.423. The van der Waals surface area contributed by atoms with E-state index >= 15 is 0 Å². The molecule has 1 aliphatic heterocycles. The summed E-state index contributed by atoms with van der Waals surface area (Å²) in [5.74, 6) is 4.47. The zero-order valence-electron chi connectivity index (χ0n) is 22.8. The largest absolute Gasteiger partial charge is 0.462 e. The van der Waals surface area contributed by atoms with Crippen LogP contribution in [0.5, 0.6) is 5.75 Å². The van der Waals surface area contributed by atoms with Crippen LogP contribution in [-0.4, -0.2) is 67.3 Å². The second-order valence-corrected chi connectivity index (χ2v) is 11.3. The molecule has 6 N–H and O–H groups in total. The minimum Gasteiger partial charge on any atom is -0.462 e. The van der Waals surface area contributed by atoms with Crippen molar-refractivity contribution in [1.29, 1.82) is 0 Å². The summed E-state index contributed by atoms with van der Waals surface area (Å²) in [7, 11) is -4.30. The van der Waals surface area contributed by atoms with E-state index in [9.17, 15) is 24.4 Å². The van der Waals surface area contributed by atoms with Gasteiger partial charge >= 0.3 is 13.7 Å². The Morgan fingerprint density at radius 3 is 2.68 bits per heavy atom. The number of rotatable bonds is 10. The van der Waals surface area contributed by atoms with Crippen molar-refractivity contribution < 1.29 is 38.1 Å². The molecule has 1 fully saturated rings. The first-order valence-corrected chi connectivity index (χ1v) is 14.2. The lowest BCUT2D eigenvalue weighted by atomic mass is 9.94. The molecule has 1 saturated heterocycles. The molecule has 41 heavy (non-hydrogen) atoms. The van der Waals surface area contributed by atoms with Gasteiger partial charge in [-0.15, -0.1) is 5.92 Å². The van der Waals surface area contributed by atoms with Crippen LogP contribution in [0.1, 0.15) is 33.9 Å². The van der Waals surface area contributed by atoms with Gasteiger partial charge in [-0.05, 0) is 45.9 Å². The van der Waals surface area contributed by atoms with E-state index in [0.717, 1.165) is 0 Å². The van der Waals surface area contributed by atoms with Crippen molar-refractivity contribution >= 4 is 30.7 Å². The van der Waals surface area contributed by atoms with Crippen molar-refractivity contribution in [1.82, 2.24) is 19.6 Å². The molecule has 1 aliphatic rings. The Morgan fingerprint density at radius 2 is 2.02 bits per heavy atom. The van der Waals surface area contributed by atoms with Crippen molar-refractivity contribution in [2.75, 3.05) is 12.3 Å². The number of esters is 1. The van der Waals surface area contributed by atoms with E-state index in [1.165, 1.54) is 30.7 Å². The summed E-state index contributed by atoms with van der Waals surface area (Å²) in [4.78, 5) is 31.3. The van der Waals surface area contributed by atoms with Crippen LogP contribution in [-0.2, 0) is 23.4 Å². The number of nitrogens with one attached hydrogen (secondary N) is 2. The quantitative estimate of drug-likeness (QED) is 0.130. The van der Waals surface area contributed by atoms with E-state index in [2.05, 4.69) is 26.9 Å². The van der Waals surface area contributed by atoms with Gasteiger partial charge in [0, 0.05) is 6.20 Å².